The van der Waals surface area contributed by atoms with Crippen molar-refractivity contribution in [1.29, 1.82) is 0 Å². The molecule has 1 aromatic heterocycles. The second kappa shape index (κ2) is 5.53. The molecule has 0 unspecified atom stereocenters. The Bertz CT molecular complexity index is 703. The topological polar surface area (TPSA) is 61.0 Å². The molecule has 0 aliphatic heterocycles. The molecule has 0 aliphatic carbocycles. The molecular formula is C14H11F2N3O. The first kappa shape index (κ1) is 13.7. The van der Waals surface area contributed by atoms with Gasteiger partial charge in [-0.1, -0.05) is 11.8 Å². The highest BCUT2D eigenvalue weighted by Crippen LogP contribution is 2.25. The summed E-state index contributed by atoms with van der Waals surface area (Å²) in [6, 6.07) is 1.28. The van der Waals surface area contributed by atoms with E-state index >= 15 is 0 Å². The summed E-state index contributed by atoms with van der Waals surface area (Å²) >= 11 is 0. The van der Waals surface area contributed by atoms with E-state index in [4.69, 9.17) is 10.5 Å². The maximum absolute atomic E-state index is 14.0. The number of methoxy groups -OCH3 is 1. The Balaban J connectivity index is 2.49. The number of halogens is 2. The summed E-state index contributed by atoms with van der Waals surface area (Å²) in [6.45, 7) is 1.51. The lowest BCUT2D eigenvalue weighted by molar-refractivity contribution is 0.382. The van der Waals surface area contributed by atoms with Crippen LogP contribution in [0, 0.1) is 30.4 Å². The van der Waals surface area contributed by atoms with Crippen LogP contribution in [0.1, 0.15) is 16.7 Å². The van der Waals surface area contributed by atoms with Gasteiger partial charge < -0.3 is 10.5 Å². The van der Waals surface area contributed by atoms with Crippen LogP contribution in [-0.2, 0) is 0 Å². The van der Waals surface area contributed by atoms with Crippen LogP contribution < -0.4 is 10.5 Å². The Kier molecular flexibility index (Phi) is 3.80. The molecule has 1 aromatic carbocycles. The SMILES string of the molecule is COc1cc(C)c(F)c(C#Cc2cnc(N)nc2)c1F. The maximum Gasteiger partial charge on any atom is 0.219 e. The van der Waals surface area contributed by atoms with Crippen molar-refractivity contribution in [2.75, 3.05) is 12.8 Å². The number of benzene rings is 1. The van der Waals surface area contributed by atoms with Gasteiger partial charge in [0.05, 0.1) is 12.7 Å². The van der Waals surface area contributed by atoms with E-state index in [1.165, 1.54) is 32.5 Å². The van der Waals surface area contributed by atoms with E-state index in [-0.39, 0.29) is 22.8 Å². The highest BCUT2D eigenvalue weighted by Gasteiger charge is 2.15. The molecule has 0 atom stereocenters. The number of nitrogens with two attached hydrogens (primary N) is 1. The first-order valence-electron chi connectivity index (χ1n) is 5.65. The standard InChI is InChI=1S/C14H11F2N3O/c1-8-5-11(20-2)13(16)10(12(8)15)4-3-9-6-18-14(17)19-7-9/h5-7H,1-2H3,(H2,17,18,19). The van der Waals surface area contributed by atoms with Crippen molar-refractivity contribution in [3.05, 3.63) is 46.8 Å². The molecule has 2 aromatic rings. The number of nitrogen functional groups attached to an aromatic ring is 1. The van der Waals surface area contributed by atoms with Gasteiger partial charge in [-0.15, -0.1) is 0 Å². The Morgan fingerprint density at radius 2 is 1.80 bits per heavy atom. The lowest BCUT2D eigenvalue weighted by atomic mass is 10.1. The maximum atomic E-state index is 14.0. The molecule has 0 saturated heterocycles. The number of nitrogens with zero attached hydrogens (tertiary/aromatic N) is 2. The van der Waals surface area contributed by atoms with Crippen LogP contribution in [0.5, 0.6) is 5.75 Å². The largest absolute Gasteiger partial charge is 0.494 e. The number of aromatic nitrogens is 2. The summed E-state index contributed by atoms with van der Waals surface area (Å²) in [4.78, 5) is 7.48. The molecule has 0 bridgehead atoms. The van der Waals surface area contributed by atoms with Gasteiger partial charge in [-0.25, -0.2) is 18.7 Å². The van der Waals surface area contributed by atoms with Crippen molar-refractivity contribution in [2.24, 2.45) is 0 Å². The van der Waals surface area contributed by atoms with E-state index in [2.05, 4.69) is 21.8 Å². The van der Waals surface area contributed by atoms with Crippen molar-refractivity contribution in [1.82, 2.24) is 9.97 Å². The molecule has 0 amide bonds. The van der Waals surface area contributed by atoms with E-state index in [1.54, 1.807) is 0 Å². The van der Waals surface area contributed by atoms with E-state index < -0.39 is 11.6 Å². The zero-order valence-corrected chi connectivity index (χ0v) is 10.9. The molecule has 0 saturated carbocycles. The van der Waals surface area contributed by atoms with Gasteiger partial charge in [-0.2, -0.15) is 0 Å². The van der Waals surface area contributed by atoms with Gasteiger partial charge >= 0.3 is 0 Å². The van der Waals surface area contributed by atoms with Crippen LogP contribution in [0.2, 0.25) is 0 Å². The summed E-state index contributed by atoms with van der Waals surface area (Å²) < 4.78 is 32.7. The second-order valence-corrected chi connectivity index (χ2v) is 3.98. The summed E-state index contributed by atoms with van der Waals surface area (Å²) in [5.74, 6) is 3.51. The highest BCUT2D eigenvalue weighted by molar-refractivity contribution is 5.49. The zero-order valence-electron chi connectivity index (χ0n) is 10.9. The van der Waals surface area contributed by atoms with Crippen molar-refractivity contribution in [3.63, 3.8) is 0 Å². The zero-order chi connectivity index (χ0) is 14.7. The van der Waals surface area contributed by atoms with Crippen molar-refractivity contribution < 1.29 is 13.5 Å². The molecule has 2 rings (SSSR count). The number of ether oxygens (including phenoxy) is 1. The Hall–Kier alpha value is -2.68. The third-order valence-corrected chi connectivity index (χ3v) is 2.57. The number of hydrogen-bond acceptors (Lipinski definition) is 4. The van der Waals surface area contributed by atoms with Crippen LogP contribution in [-0.4, -0.2) is 17.1 Å². The predicted molar refractivity (Wildman–Crippen MR) is 70.1 cm³/mol. The van der Waals surface area contributed by atoms with Gasteiger partial charge in [-0.3, -0.25) is 0 Å². The fourth-order valence-electron chi connectivity index (χ4n) is 1.54. The summed E-state index contributed by atoms with van der Waals surface area (Å²) in [7, 11) is 1.31. The molecule has 0 aliphatic rings. The van der Waals surface area contributed by atoms with E-state index in [0.717, 1.165) is 0 Å². The van der Waals surface area contributed by atoms with E-state index in [0.29, 0.717) is 5.56 Å². The van der Waals surface area contributed by atoms with Gasteiger partial charge in [0.15, 0.2) is 11.6 Å². The minimum atomic E-state index is -0.834. The molecular weight excluding hydrogens is 264 g/mol. The van der Waals surface area contributed by atoms with Crippen LogP contribution in [0.4, 0.5) is 14.7 Å². The van der Waals surface area contributed by atoms with Gasteiger partial charge in [0.1, 0.15) is 11.4 Å². The molecule has 20 heavy (non-hydrogen) atoms. The van der Waals surface area contributed by atoms with Crippen LogP contribution in [0.3, 0.4) is 0 Å². The first-order chi connectivity index (χ1) is 9.52. The van der Waals surface area contributed by atoms with Crippen LogP contribution >= 0.6 is 0 Å². The molecule has 4 nitrogen and oxygen atoms in total. The van der Waals surface area contributed by atoms with E-state index in [9.17, 15) is 8.78 Å². The van der Waals surface area contributed by atoms with Crippen molar-refractivity contribution in [2.45, 2.75) is 6.92 Å². The van der Waals surface area contributed by atoms with Gasteiger partial charge in [-0.05, 0) is 18.6 Å². The molecule has 1 heterocycles. The fraction of sp³-hybridized carbons (Fsp3) is 0.143. The first-order valence-corrected chi connectivity index (χ1v) is 5.65. The van der Waals surface area contributed by atoms with Crippen molar-refractivity contribution in [3.8, 4) is 17.6 Å². The lowest BCUT2D eigenvalue weighted by Gasteiger charge is -2.07. The Labute approximate surface area is 114 Å². The summed E-state index contributed by atoms with van der Waals surface area (Å²) in [5.41, 5.74) is 5.64. The van der Waals surface area contributed by atoms with Gasteiger partial charge in [0.2, 0.25) is 5.95 Å². The van der Waals surface area contributed by atoms with Crippen LogP contribution in [0.15, 0.2) is 18.5 Å². The predicted octanol–water partition coefficient (Wildman–Crippen LogP) is 2.05. The number of aryl methyl sites for hydroxylation is 1. The summed E-state index contributed by atoms with van der Waals surface area (Å²) in [6.07, 6.45) is 2.75. The second-order valence-electron chi connectivity index (χ2n) is 3.98. The number of anilines is 1. The van der Waals surface area contributed by atoms with Gasteiger partial charge in [0.25, 0.3) is 0 Å². The third kappa shape index (κ3) is 2.67. The minimum absolute atomic E-state index is 0.0539. The average Bonchev–Trinajstić information content (AvgIpc) is 2.44. The van der Waals surface area contributed by atoms with Crippen LogP contribution in [0.25, 0.3) is 0 Å². The molecule has 0 fully saturated rings. The molecule has 0 spiro atoms. The third-order valence-electron chi connectivity index (χ3n) is 2.57. The molecule has 102 valence electrons. The quantitative estimate of drug-likeness (QED) is 0.809. The Morgan fingerprint density at radius 1 is 1.15 bits per heavy atom. The molecule has 0 radical (unpaired) electrons. The minimum Gasteiger partial charge on any atom is -0.494 e. The summed E-state index contributed by atoms with van der Waals surface area (Å²) in [5, 5.41) is 0. The fourth-order valence-corrected chi connectivity index (χ4v) is 1.54. The van der Waals surface area contributed by atoms with E-state index in [1.807, 2.05) is 0 Å². The molecule has 6 heteroatoms. The normalized spacial score (nSPS) is 9.80. The molecule has 2 N–H and O–H groups in total. The number of rotatable bonds is 1. The monoisotopic (exact) mass is 275 g/mol. The number of hydrogen-bond donors (Lipinski definition) is 1. The average molecular weight is 275 g/mol. The van der Waals surface area contributed by atoms with Crippen molar-refractivity contribution >= 4 is 5.95 Å². The smallest absolute Gasteiger partial charge is 0.219 e. The Morgan fingerprint density at radius 3 is 2.40 bits per heavy atom. The highest BCUT2D eigenvalue weighted by atomic mass is 19.1. The van der Waals surface area contributed by atoms with Gasteiger partial charge in [0, 0.05) is 12.4 Å². The lowest BCUT2D eigenvalue weighted by Crippen LogP contribution is -1.98.